The molecule has 0 fully saturated rings. The van der Waals surface area contributed by atoms with Crippen molar-refractivity contribution < 1.29 is 0 Å². The smallest absolute Gasteiger partial charge is 0.0659 e. The molecule has 0 spiro atoms. The van der Waals surface area contributed by atoms with Gasteiger partial charge in [0.1, 0.15) is 0 Å². The van der Waals surface area contributed by atoms with E-state index in [0.29, 0.717) is 12.1 Å². The number of halogens is 1. The Kier molecular flexibility index (Phi) is 6.11. The quantitative estimate of drug-likeness (QED) is 0.581. The van der Waals surface area contributed by atoms with Crippen molar-refractivity contribution >= 4 is 33.9 Å². The number of nitrogens with one attached hydrogen (secondary N) is 1. The number of hydrogen-bond donors (Lipinski definition) is 1. The molecule has 1 N–H and O–H groups in total. The lowest BCUT2D eigenvalue weighted by atomic mass is 9.94. The average molecular weight is 392 g/mol. The van der Waals surface area contributed by atoms with Crippen LogP contribution in [0, 0.1) is 2.88 Å². The molecule has 4 heteroatoms. The third-order valence-corrected chi connectivity index (χ3v) is 6.01. The van der Waals surface area contributed by atoms with Gasteiger partial charge in [-0.05, 0) is 93.9 Å². The van der Waals surface area contributed by atoms with Gasteiger partial charge in [0.05, 0.1) is 2.88 Å². The Bertz CT molecular complexity index is 403. The van der Waals surface area contributed by atoms with Crippen molar-refractivity contribution in [2.75, 3.05) is 20.1 Å². The Labute approximate surface area is 135 Å². The molecule has 1 aliphatic carbocycles. The Hall–Kier alpha value is 0.350. The summed E-state index contributed by atoms with van der Waals surface area (Å²) in [5, 5.41) is 3.76. The number of fused-ring (bicyclic) bond motifs is 1. The van der Waals surface area contributed by atoms with Crippen molar-refractivity contribution in [3.63, 3.8) is 0 Å². The van der Waals surface area contributed by atoms with E-state index in [1.54, 1.807) is 10.4 Å². The SMILES string of the molecule is CC(C)N(C)CCCNC1CCCc2sc(I)cc21. The number of aryl methyl sites for hydroxylation is 1. The summed E-state index contributed by atoms with van der Waals surface area (Å²) >= 11 is 4.44. The maximum absolute atomic E-state index is 3.76. The molecule has 2 rings (SSSR count). The van der Waals surface area contributed by atoms with Gasteiger partial charge in [-0.1, -0.05) is 0 Å². The first-order valence-corrected chi connectivity index (χ1v) is 9.19. The Morgan fingerprint density at radius 3 is 3.05 bits per heavy atom. The number of nitrogens with zero attached hydrogens (tertiary/aromatic N) is 1. The average Bonchev–Trinajstić information content (AvgIpc) is 2.75. The molecule has 108 valence electrons. The highest BCUT2D eigenvalue weighted by Gasteiger charge is 2.21. The highest BCUT2D eigenvalue weighted by Crippen LogP contribution is 2.36. The van der Waals surface area contributed by atoms with E-state index in [1.807, 2.05) is 11.3 Å². The van der Waals surface area contributed by atoms with Gasteiger partial charge in [-0.3, -0.25) is 0 Å². The lowest BCUT2D eigenvalue weighted by molar-refractivity contribution is 0.267. The van der Waals surface area contributed by atoms with E-state index in [1.165, 1.54) is 35.1 Å². The third-order valence-electron chi connectivity index (χ3n) is 4.04. The van der Waals surface area contributed by atoms with Crippen LogP contribution in [0.2, 0.25) is 0 Å². The standard InChI is InChI=1S/C15H25IN2S/c1-11(2)18(3)9-5-8-17-13-6-4-7-14-12(13)10-15(16)19-14/h10-11,13,17H,4-9H2,1-3H3. The summed E-state index contributed by atoms with van der Waals surface area (Å²) in [6.45, 7) is 6.83. The first kappa shape index (κ1) is 15.7. The molecule has 0 bridgehead atoms. The number of hydrogen-bond acceptors (Lipinski definition) is 3. The van der Waals surface area contributed by atoms with Gasteiger partial charge in [0, 0.05) is 17.0 Å². The van der Waals surface area contributed by atoms with Crippen LogP contribution in [0.1, 0.15) is 49.6 Å². The zero-order chi connectivity index (χ0) is 13.8. The molecule has 0 radical (unpaired) electrons. The molecule has 0 saturated carbocycles. The second-order valence-electron chi connectivity index (χ2n) is 5.76. The van der Waals surface area contributed by atoms with Crippen molar-refractivity contribution in [2.45, 2.75) is 51.6 Å². The molecule has 0 saturated heterocycles. The molecule has 1 atom stereocenters. The maximum Gasteiger partial charge on any atom is 0.0659 e. The fourth-order valence-corrected chi connectivity index (χ4v) is 4.72. The van der Waals surface area contributed by atoms with E-state index in [2.05, 4.69) is 59.8 Å². The lowest BCUT2D eigenvalue weighted by Crippen LogP contribution is -2.31. The van der Waals surface area contributed by atoms with Gasteiger partial charge in [-0.2, -0.15) is 0 Å². The molecule has 2 nitrogen and oxygen atoms in total. The topological polar surface area (TPSA) is 15.3 Å². The van der Waals surface area contributed by atoms with Gasteiger partial charge in [0.15, 0.2) is 0 Å². The maximum atomic E-state index is 3.76. The second-order valence-corrected chi connectivity index (χ2v) is 8.79. The van der Waals surface area contributed by atoms with Crippen LogP contribution in [0.5, 0.6) is 0 Å². The van der Waals surface area contributed by atoms with Gasteiger partial charge < -0.3 is 10.2 Å². The predicted octanol–water partition coefficient (Wildman–Crippen LogP) is 4.05. The Morgan fingerprint density at radius 2 is 2.32 bits per heavy atom. The van der Waals surface area contributed by atoms with Crippen LogP contribution in [0.4, 0.5) is 0 Å². The summed E-state index contributed by atoms with van der Waals surface area (Å²) in [6, 6.07) is 3.64. The molecule has 19 heavy (non-hydrogen) atoms. The molecule has 1 heterocycles. The largest absolute Gasteiger partial charge is 0.310 e. The van der Waals surface area contributed by atoms with Gasteiger partial charge in [-0.25, -0.2) is 0 Å². The minimum atomic E-state index is 0.605. The van der Waals surface area contributed by atoms with E-state index >= 15 is 0 Å². The summed E-state index contributed by atoms with van der Waals surface area (Å²) in [5.74, 6) is 0. The van der Waals surface area contributed by atoms with Gasteiger partial charge >= 0.3 is 0 Å². The van der Waals surface area contributed by atoms with E-state index in [9.17, 15) is 0 Å². The van der Waals surface area contributed by atoms with Crippen molar-refractivity contribution in [1.82, 2.24) is 10.2 Å². The molecule has 1 aromatic heterocycles. The molecule has 1 aromatic rings. The van der Waals surface area contributed by atoms with Crippen molar-refractivity contribution in [2.24, 2.45) is 0 Å². The minimum absolute atomic E-state index is 0.605. The summed E-state index contributed by atoms with van der Waals surface area (Å²) in [5.41, 5.74) is 1.58. The van der Waals surface area contributed by atoms with Crippen LogP contribution >= 0.6 is 33.9 Å². The van der Waals surface area contributed by atoms with E-state index in [4.69, 9.17) is 0 Å². The highest BCUT2D eigenvalue weighted by molar-refractivity contribution is 14.1. The zero-order valence-electron chi connectivity index (χ0n) is 12.2. The summed E-state index contributed by atoms with van der Waals surface area (Å²) < 4.78 is 1.44. The molecule has 0 aromatic carbocycles. The normalized spacial score (nSPS) is 19.2. The van der Waals surface area contributed by atoms with E-state index < -0.39 is 0 Å². The minimum Gasteiger partial charge on any atom is -0.310 e. The molecular formula is C15H25IN2S. The van der Waals surface area contributed by atoms with Gasteiger partial charge in [0.2, 0.25) is 0 Å². The van der Waals surface area contributed by atoms with Gasteiger partial charge in [-0.15, -0.1) is 11.3 Å². The third kappa shape index (κ3) is 4.41. The molecule has 0 amide bonds. The lowest BCUT2D eigenvalue weighted by Gasteiger charge is -2.25. The fraction of sp³-hybridized carbons (Fsp3) is 0.733. The second kappa shape index (κ2) is 7.38. The molecular weight excluding hydrogens is 367 g/mol. The molecule has 1 unspecified atom stereocenters. The highest BCUT2D eigenvalue weighted by atomic mass is 127. The van der Waals surface area contributed by atoms with E-state index in [0.717, 1.165) is 6.54 Å². The summed E-state index contributed by atoms with van der Waals surface area (Å²) in [7, 11) is 2.21. The van der Waals surface area contributed by atoms with Crippen LogP contribution in [-0.4, -0.2) is 31.1 Å². The first-order chi connectivity index (χ1) is 9.08. The molecule has 1 aliphatic rings. The van der Waals surface area contributed by atoms with Crippen LogP contribution < -0.4 is 5.32 Å². The van der Waals surface area contributed by atoms with Crippen molar-refractivity contribution in [3.05, 3.63) is 19.4 Å². The summed E-state index contributed by atoms with van der Waals surface area (Å²) in [4.78, 5) is 4.04. The Balaban J connectivity index is 1.78. The molecule has 0 aliphatic heterocycles. The van der Waals surface area contributed by atoms with Gasteiger partial charge in [0.25, 0.3) is 0 Å². The zero-order valence-corrected chi connectivity index (χ0v) is 15.2. The van der Waals surface area contributed by atoms with E-state index in [-0.39, 0.29) is 0 Å². The van der Waals surface area contributed by atoms with Crippen LogP contribution in [0.15, 0.2) is 6.07 Å². The van der Waals surface area contributed by atoms with Crippen molar-refractivity contribution in [3.8, 4) is 0 Å². The van der Waals surface area contributed by atoms with Crippen LogP contribution in [0.25, 0.3) is 0 Å². The van der Waals surface area contributed by atoms with Crippen molar-refractivity contribution in [1.29, 1.82) is 0 Å². The number of thiophene rings is 1. The summed E-state index contributed by atoms with van der Waals surface area (Å²) in [6.07, 6.45) is 5.17. The monoisotopic (exact) mass is 392 g/mol. The fourth-order valence-electron chi connectivity index (χ4n) is 2.60. The Morgan fingerprint density at radius 1 is 1.53 bits per heavy atom. The first-order valence-electron chi connectivity index (χ1n) is 7.29. The van der Waals surface area contributed by atoms with Crippen LogP contribution in [0.3, 0.4) is 0 Å². The predicted molar refractivity (Wildman–Crippen MR) is 93.1 cm³/mol. The number of rotatable bonds is 6. The van der Waals surface area contributed by atoms with Crippen LogP contribution in [-0.2, 0) is 6.42 Å².